The van der Waals surface area contributed by atoms with Gasteiger partial charge in [-0.2, -0.15) is 0 Å². The maximum absolute atomic E-state index is 13.7. The molecule has 0 saturated heterocycles. The van der Waals surface area contributed by atoms with Crippen molar-refractivity contribution < 1.29 is 4.39 Å². The second-order valence-electron chi connectivity index (χ2n) is 3.18. The number of hydrogen-bond donors (Lipinski definition) is 1. The summed E-state index contributed by atoms with van der Waals surface area (Å²) in [6, 6.07) is 5.04. The highest BCUT2D eigenvalue weighted by Crippen LogP contribution is 2.31. The summed E-state index contributed by atoms with van der Waals surface area (Å²) in [7, 11) is 0. The molecule has 0 unspecified atom stereocenters. The van der Waals surface area contributed by atoms with E-state index < -0.39 is 0 Å². The summed E-state index contributed by atoms with van der Waals surface area (Å²) in [5.74, 6) is -0.235. The van der Waals surface area contributed by atoms with E-state index in [1.54, 1.807) is 12.3 Å². The second kappa shape index (κ2) is 4.93. The first kappa shape index (κ1) is 11.5. The van der Waals surface area contributed by atoms with Gasteiger partial charge in [0, 0.05) is 22.8 Å². The number of hydrogen-bond acceptors (Lipinski definition) is 3. The Hall–Kier alpha value is -0.940. The molecule has 0 aliphatic carbocycles. The van der Waals surface area contributed by atoms with Crippen molar-refractivity contribution in [3.05, 3.63) is 34.7 Å². The van der Waals surface area contributed by atoms with Gasteiger partial charge in [-0.25, -0.2) is 9.37 Å². The molecule has 0 aliphatic heterocycles. The molecule has 5 heteroatoms. The number of rotatable bonds is 3. The minimum Gasteiger partial charge on any atom is -0.362 e. The predicted molar refractivity (Wildman–Crippen MR) is 69.4 cm³/mol. The van der Waals surface area contributed by atoms with Crippen molar-refractivity contribution in [2.45, 2.75) is 6.92 Å². The SMILES string of the molecule is CCNc1ncc(-c2ccc(Br)cc2F)s1. The normalized spacial score (nSPS) is 10.4. The lowest BCUT2D eigenvalue weighted by Gasteiger charge is -1.99. The standard InChI is InChI=1S/C11H10BrFN2S/c1-2-14-11-15-6-10(16-11)8-4-3-7(12)5-9(8)13/h3-6H,2H2,1H3,(H,14,15). The van der Waals surface area contributed by atoms with Crippen LogP contribution in [0.4, 0.5) is 9.52 Å². The van der Waals surface area contributed by atoms with Crippen LogP contribution in [0.5, 0.6) is 0 Å². The van der Waals surface area contributed by atoms with Crippen molar-refractivity contribution in [1.82, 2.24) is 4.98 Å². The van der Waals surface area contributed by atoms with Crippen molar-refractivity contribution in [2.75, 3.05) is 11.9 Å². The fourth-order valence-electron chi connectivity index (χ4n) is 1.32. The van der Waals surface area contributed by atoms with E-state index in [0.717, 1.165) is 21.0 Å². The lowest BCUT2D eigenvalue weighted by Crippen LogP contribution is -1.94. The van der Waals surface area contributed by atoms with E-state index in [-0.39, 0.29) is 5.82 Å². The highest BCUT2D eigenvalue weighted by atomic mass is 79.9. The van der Waals surface area contributed by atoms with Crippen LogP contribution < -0.4 is 5.32 Å². The van der Waals surface area contributed by atoms with Gasteiger partial charge in [-0.3, -0.25) is 0 Å². The minimum absolute atomic E-state index is 0.235. The molecule has 0 spiro atoms. The molecule has 2 rings (SSSR count). The fraction of sp³-hybridized carbons (Fsp3) is 0.182. The molecule has 0 fully saturated rings. The van der Waals surface area contributed by atoms with E-state index in [9.17, 15) is 4.39 Å². The second-order valence-corrected chi connectivity index (χ2v) is 5.13. The van der Waals surface area contributed by atoms with Gasteiger partial charge in [0.25, 0.3) is 0 Å². The van der Waals surface area contributed by atoms with Gasteiger partial charge in [0.15, 0.2) is 5.13 Å². The maximum atomic E-state index is 13.7. The average Bonchev–Trinajstić information content (AvgIpc) is 2.67. The predicted octanol–water partition coefficient (Wildman–Crippen LogP) is 4.14. The number of nitrogens with zero attached hydrogens (tertiary/aromatic N) is 1. The third-order valence-corrected chi connectivity index (χ3v) is 3.51. The lowest BCUT2D eigenvalue weighted by molar-refractivity contribution is 0.631. The van der Waals surface area contributed by atoms with E-state index in [1.807, 2.05) is 13.0 Å². The summed E-state index contributed by atoms with van der Waals surface area (Å²) in [6.07, 6.45) is 1.69. The molecule has 0 bridgehead atoms. The quantitative estimate of drug-likeness (QED) is 0.921. The molecule has 1 N–H and O–H groups in total. The zero-order valence-electron chi connectivity index (χ0n) is 8.63. The van der Waals surface area contributed by atoms with Crippen molar-refractivity contribution in [2.24, 2.45) is 0 Å². The summed E-state index contributed by atoms with van der Waals surface area (Å²) >= 11 is 4.69. The summed E-state index contributed by atoms with van der Waals surface area (Å²) in [5, 5.41) is 3.92. The van der Waals surface area contributed by atoms with Crippen LogP contribution in [0, 0.1) is 5.82 Å². The van der Waals surface area contributed by atoms with Crippen LogP contribution in [-0.2, 0) is 0 Å². The van der Waals surface area contributed by atoms with Gasteiger partial charge < -0.3 is 5.32 Å². The molecule has 0 amide bonds. The molecular weight excluding hydrogens is 291 g/mol. The van der Waals surface area contributed by atoms with Crippen molar-refractivity contribution in [3.8, 4) is 10.4 Å². The third-order valence-electron chi connectivity index (χ3n) is 2.03. The zero-order valence-corrected chi connectivity index (χ0v) is 11.0. The number of benzene rings is 1. The Morgan fingerprint density at radius 1 is 1.50 bits per heavy atom. The highest BCUT2D eigenvalue weighted by Gasteiger charge is 2.09. The number of halogens is 2. The molecule has 1 heterocycles. The number of aromatic nitrogens is 1. The monoisotopic (exact) mass is 300 g/mol. The highest BCUT2D eigenvalue weighted by molar-refractivity contribution is 9.10. The summed E-state index contributed by atoms with van der Waals surface area (Å²) in [5.41, 5.74) is 0.588. The number of thiazole rings is 1. The molecule has 0 radical (unpaired) electrons. The van der Waals surface area contributed by atoms with Gasteiger partial charge >= 0.3 is 0 Å². The van der Waals surface area contributed by atoms with Crippen LogP contribution >= 0.6 is 27.3 Å². The molecule has 16 heavy (non-hydrogen) atoms. The average molecular weight is 301 g/mol. The fourth-order valence-corrected chi connectivity index (χ4v) is 2.57. The van der Waals surface area contributed by atoms with Gasteiger partial charge in [-0.05, 0) is 25.1 Å². The lowest BCUT2D eigenvalue weighted by atomic mass is 10.2. The Morgan fingerprint density at radius 3 is 3.00 bits per heavy atom. The Balaban J connectivity index is 2.35. The summed E-state index contributed by atoms with van der Waals surface area (Å²) in [6.45, 7) is 2.82. The largest absolute Gasteiger partial charge is 0.362 e. The first-order chi connectivity index (χ1) is 7.70. The first-order valence-electron chi connectivity index (χ1n) is 4.86. The Labute approximate surface area is 106 Å². The Kier molecular flexibility index (Phi) is 3.56. The molecule has 2 aromatic rings. The van der Waals surface area contributed by atoms with Gasteiger partial charge in [-0.1, -0.05) is 27.3 Å². The Bertz CT molecular complexity index is 498. The molecule has 1 aromatic heterocycles. The topological polar surface area (TPSA) is 24.9 Å². The number of anilines is 1. The van der Waals surface area contributed by atoms with Gasteiger partial charge in [-0.15, -0.1) is 0 Å². The van der Waals surface area contributed by atoms with Crippen LogP contribution in [-0.4, -0.2) is 11.5 Å². The van der Waals surface area contributed by atoms with Crippen LogP contribution in [0.25, 0.3) is 10.4 Å². The maximum Gasteiger partial charge on any atom is 0.183 e. The van der Waals surface area contributed by atoms with Gasteiger partial charge in [0.05, 0.1) is 4.88 Å². The van der Waals surface area contributed by atoms with Crippen molar-refractivity contribution in [1.29, 1.82) is 0 Å². The van der Waals surface area contributed by atoms with E-state index >= 15 is 0 Å². The van der Waals surface area contributed by atoms with E-state index in [1.165, 1.54) is 17.4 Å². The third kappa shape index (κ3) is 2.41. The minimum atomic E-state index is -0.235. The van der Waals surface area contributed by atoms with Gasteiger partial charge in [0.2, 0.25) is 0 Å². The molecular formula is C11H10BrFN2S. The number of nitrogens with one attached hydrogen (secondary N) is 1. The Morgan fingerprint density at radius 2 is 2.31 bits per heavy atom. The molecule has 1 aromatic carbocycles. The van der Waals surface area contributed by atoms with E-state index in [0.29, 0.717) is 5.56 Å². The molecule has 2 nitrogen and oxygen atoms in total. The molecule has 84 valence electrons. The zero-order chi connectivity index (χ0) is 11.5. The van der Waals surface area contributed by atoms with Crippen LogP contribution in [0.1, 0.15) is 6.92 Å². The van der Waals surface area contributed by atoms with Crippen molar-refractivity contribution >= 4 is 32.4 Å². The molecule has 0 aliphatic rings. The van der Waals surface area contributed by atoms with Crippen LogP contribution in [0.3, 0.4) is 0 Å². The first-order valence-corrected chi connectivity index (χ1v) is 6.46. The van der Waals surface area contributed by atoms with Crippen LogP contribution in [0.2, 0.25) is 0 Å². The smallest absolute Gasteiger partial charge is 0.183 e. The summed E-state index contributed by atoms with van der Waals surface area (Å²) < 4.78 is 14.4. The van der Waals surface area contributed by atoms with E-state index in [2.05, 4.69) is 26.2 Å². The van der Waals surface area contributed by atoms with Gasteiger partial charge in [0.1, 0.15) is 5.82 Å². The van der Waals surface area contributed by atoms with Crippen LogP contribution in [0.15, 0.2) is 28.9 Å². The van der Waals surface area contributed by atoms with Crippen molar-refractivity contribution in [3.63, 3.8) is 0 Å². The molecule has 0 atom stereocenters. The summed E-state index contributed by atoms with van der Waals surface area (Å²) in [4.78, 5) is 5.01. The molecule has 0 saturated carbocycles. The van der Waals surface area contributed by atoms with E-state index in [4.69, 9.17) is 0 Å².